The third kappa shape index (κ3) is 3.37. The first kappa shape index (κ1) is 13.7. The van der Waals surface area contributed by atoms with Crippen LogP contribution >= 0.6 is 0 Å². The zero-order chi connectivity index (χ0) is 13.9. The van der Waals surface area contributed by atoms with Crippen LogP contribution < -0.4 is 10.6 Å². The van der Waals surface area contributed by atoms with Gasteiger partial charge in [-0.3, -0.25) is 10.1 Å². The van der Waals surface area contributed by atoms with Crippen LogP contribution in [0.5, 0.6) is 0 Å². The van der Waals surface area contributed by atoms with Crippen LogP contribution in [0, 0.1) is 15.5 Å². The lowest BCUT2D eigenvalue weighted by atomic mass is 9.77. The fourth-order valence-electron chi connectivity index (χ4n) is 2.32. The van der Waals surface area contributed by atoms with Crippen molar-refractivity contribution in [2.45, 2.75) is 32.7 Å². The Hall–Kier alpha value is -1.76. The number of nitro groups is 1. The summed E-state index contributed by atoms with van der Waals surface area (Å²) >= 11 is 0. The van der Waals surface area contributed by atoms with E-state index in [1.165, 1.54) is 25.2 Å². The summed E-state index contributed by atoms with van der Waals surface area (Å²) in [6, 6.07) is 0.347. The monoisotopic (exact) mass is 265 g/mol. The first-order valence-electron chi connectivity index (χ1n) is 6.43. The standard InChI is InChI=1S/C12H19N5O2/c1-12(2)4-3-5-13-10(12)8-16-11-14-6-9(7-15-11)17(18)19/h6-7,10,13H,3-5,8H2,1-2H3,(H,14,15,16). The molecule has 1 aromatic heterocycles. The summed E-state index contributed by atoms with van der Waals surface area (Å²) in [7, 11) is 0. The van der Waals surface area contributed by atoms with Gasteiger partial charge in [0.25, 0.3) is 0 Å². The molecule has 7 nitrogen and oxygen atoms in total. The highest BCUT2D eigenvalue weighted by molar-refractivity contribution is 5.30. The number of nitrogens with one attached hydrogen (secondary N) is 2. The summed E-state index contributed by atoms with van der Waals surface area (Å²) in [5, 5.41) is 17.1. The zero-order valence-corrected chi connectivity index (χ0v) is 11.2. The number of hydrogen-bond donors (Lipinski definition) is 2. The Kier molecular flexibility index (Phi) is 3.94. The second-order valence-electron chi connectivity index (χ2n) is 5.50. The van der Waals surface area contributed by atoms with E-state index in [9.17, 15) is 10.1 Å². The highest BCUT2D eigenvalue weighted by Crippen LogP contribution is 2.29. The molecule has 0 aromatic carbocycles. The predicted molar refractivity (Wildman–Crippen MR) is 72.0 cm³/mol. The molecule has 1 aliphatic heterocycles. The third-order valence-corrected chi connectivity index (χ3v) is 3.65. The molecular weight excluding hydrogens is 246 g/mol. The quantitative estimate of drug-likeness (QED) is 0.634. The van der Waals surface area contributed by atoms with E-state index in [-0.39, 0.29) is 11.1 Å². The molecule has 7 heteroatoms. The third-order valence-electron chi connectivity index (χ3n) is 3.65. The van der Waals surface area contributed by atoms with Gasteiger partial charge < -0.3 is 10.6 Å². The Bertz CT molecular complexity index is 446. The molecule has 1 saturated heterocycles. The summed E-state index contributed by atoms with van der Waals surface area (Å²) in [4.78, 5) is 17.9. The van der Waals surface area contributed by atoms with Crippen molar-refractivity contribution in [2.75, 3.05) is 18.4 Å². The van der Waals surface area contributed by atoms with Gasteiger partial charge in [-0.05, 0) is 24.8 Å². The molecule has 0 amide bonds. The van der Waals surface area contributed by atoms with Crippen molar-refractivity contribution < 1.29 is 4.92 Å². The van der Waals surface area contributed by atoms with Crippen molar-refractivity contribution in [3.05, 3.63) is 22.5 Å². The highest BCUT2D eigenvalue weighted by Gasteiger charge is 2.31. The van der Waals surface area contributed by atoms with Crippen molar-refractivity contribution in [1.82, 2.24) is 15.3 Å². The Labute approximate surface area is 112 Å². The van der Waals surface area contributed by atoms with Gasteiger partial charge in [-0.2, -0.15) is 0 Å². The maximum atomic E-state index is 10.5. The smallest absolute Gasteiger partial charge is 0.305 e. The van der Waals surface area contributed by atoms with Crippen LogP contribution in [0.3, 0.4) is 0 Å². The maximum Gasteiger partial charge on any atom is 0.305 e. The largest absolute Gasteiger partial charge is 0.353 e. The van der Waals surface area contributed by atoms with E-state index >= 15 is 0 Å². The van der Waals surface area contributed by atoms with E-state index in [1.807, 2.05) is 0 Å². The number of piperidine rings is 1. The minimum absolute atomic E-state index is 0.0957. The maximum absolute atomic E-state index is 10.5. The summed E-state index contributed by atoms with van der Waals surface area (Å²) in [5.74, 6) is 0.425. The molecule has 2 rings (SSSR count). The Balaban J connectivity index is 1.93. The highest BCUT2D eigenvalue weighted by atomic mass is 16.6. The molecule has 19 heavy (non-hydrogen) atoms. The van der Waals surface area contributed by atoms with Crippen LogP contribution in [0.15, 0.2) is 12.4 Å². The van der Waals surface area contributed by atoms with Gasteiger partial charge >= 0.3 is 5.69 Å². The summed E-state index contributed by atoms with van der Waals surface area (Å²) in [6.07, 6.45) is 4.81. The fourth-order valence-corrected chi connectivity index (χ4v) is 2.32. The van der Waals surface area contributed by atoms with Gasteiger partial charge in [0.1, 0.15) is 12.4 Å². The van der Waals surface area contributed by atoms with Crippen molar-refractivity contribution in [2.24, 2.45) is 5.41 Å². The molecule has 0 spiro atoms. The molecule has 1 unspecified atom stereocenters. The summed E-state index contributed by atoms with van der Waals surface area (Å²) in [5.41, 5.74) is 0.133. The Morgan fingerprint density at radius 3 is 2.79 bits per heavy atom. The van der Waals surface area contributed by atoms with E-state index in [0.29, 0.717) is 18.5 Å². The van der Waals surface area contributed by atoms with Gasteiger partial charge in [-0.1, -0.05) is 13.8 Å². The molecular formula is C12H19N5O2. The number of aromatic nitrogens is 2. The predicted octanol–water partition coefficient (Wildman–Crippen LogP) is 1.57. The Morgan fingerprint density at radius 1 is 1.53 bits per heavy atom. The van der Waals surface area contributed by atoms with Crippen LogP contribution in [0.1, 0.15) is 26.7 Å². The molecule has 1 atom stereocenters. The van der Waals surface area contributed by atoms with E-state index in [2.05, 4.69) is 34.4 Å². The molecule has 1 aromatic rings. The van der Waals surface area contributed by atoms with Gasteiger partial charge in [-0.25, -0.2) is 9.97 Å². The van der Waals surface area contributed by atoms with Crippen LogP contribution in [-0.4, -0.2) is 34.0 Å². The number of anilines is 1. The number of rotatable bonds is 4. The first-order valence-corrected chi connectivity index (χ1v) is 6.43. The van der Waals surface area contributed by atoms with Gasteiger partial charge in [0.15, 0.2) is 0 Å². The zero-order valence-electron chi connectivity index (χ0n) is 11.2. The summed E-state index contributed by atoms with van der Waals surface area (Å²) in [6.45, 7) is 6.21. The normalized spacial score (nSPS) is 21.9. The average molecular weight is 265 g/mol. The second kappa shape index (κ2) is 5.48. The molecule has 1 fully saturated rings. The molecule has 2 heterocycles. The lowest BCUT2D eigenvalue weighted by Gasteiger charge is -2.39. The van der Waals surface area contributed by atoms with Crippen LogP contribution in [0.2, 0.25) is 0 Å². The number of nitrogens with zero attached hydrogens (tertiary/aromatic N) is 3. The molecule has 104 valence electrons. The van der Waals surface area contributed by atoms with Gasteiger partial charge in [0.05, 0.1) is 4.92 Å². The van der Waals surface area contributed by atoms with E-state index in [0.717, 1.165) is 6.54 Å². The van der Waals surface area contributed by atoms with E-state index in [1.54, 1.807) is 0 Å². The van der Waals surface area contributed by atoms with Crippen LogP contribution in [0.25, 0.3) is 0 Å². The Morgan fingerprint density at radius 2 is 2.21 bits per heavy atom. The van der Waals surface area contributed by atoms with Crippen LogP contribution in [0.4, 0.5) is 11.6 Å². The minimum atomic E-state index is -0.504. The molecule has 1 aliphatic rings. The second-order valence-corrected chi connectivity index (χ2v) is 5.50. The minimum Gasteiger partial charge on any atom is -0.353 e. The first-order chi connectivity index (χ1) is 8.99. The lowest BCUT2D eigenvalue weighted by molar-refractivity contribution is -0.385. The fraction of sp³-hybridized carbons (Fsp3) is 0.667. The molecule has 2 N–H and O–H groups in total. The van der Waals surface area contributed by atoms with Gasteiger partial charge in [0, 0.05) is 12.6 Å². The molecule has 0 bridgehead atoms. The molecule has 0 saturated carbocycles. The summed E-state index contributed by atoms with van der Waals surface area (Å²) < 4.78 is 0. The van der Waals surface area contributed by atoms with Crippen LogP contribution in [-0.2, 0) is 0 Å². The lowest BCUT2D eigenvalue weighted by Crippen LogP contribution is -2.50. The van der Waals surface area contributed by atoms with Crippen molar-refractivity contribution >= 4 is 11.6 Å². The van der Waals surface area contributed by atoms with Crippen molar-refractivity contribution in [3.8, 4) is 0 Å². The molecule has 0 aliphatic carbocycles. The topological polar surface area (TPSA) is 93.0 Å². The van der Waals surface area contributed by atoms with Gasteiger partial charge in [-0.15, -0.1) is 0 Å². The average Bonchev–Trinajstić information content (AvgIpc) is 2.37. The van der Waals surface area contributed by atoms with Crippen molar-refractivity contribution in [1.29, 1.82) is 0 Å². The van der Waals surface area contributed by atoms with E-state index < -0.39 is 4.92 Å². The van der Waals surface area contributed by atoms with E-state index in [4.69, 9.17) is 0 Å². The van der Waals surface area contributed by atoms with Crippen molar-refractivity contribution in [3.63, 3.8) is 0 Å². The SMILES string of the molecule is CC1(C)CCCNC1CNc1ncc([N+](=O)[O-])cn1. The molecule has 0 radical (unpaired) electrons. The van der Waals surface area contributed by atoms with Gasteiger partial charge in [0.2, 0.25) is 5.95 Å². The number of hydrogen-bond acceptors (Lipinski definition) is 6.